The average molecular weight is 374 g/mol. The topological polar surface area (TPSA) is 87.0 Å². The molecule has 1 aliphatic rings. The number of alkyl halides is 1. The molecule has 1 aromatic rings. The van der Waals surface area contributed by atoms with Gasteiger partial charge in [0.05, 0.1) is 21.3 Å². The molecule has 2 N–H and O–H groups in total. The molecule has 0 radical (unpaired) electrons. The normalized spacial score (nSPS) is 23.9. The van der Waals surface area contributed by atoms with Crippen LogP contribution in [0.15, 0.2) is 34.5 Å². The minimum absolute atomic E-state index is 0.0308. The van der Waals surface area contributed by atoms with E-state index < -0.39 is 29.9 Å². The molecule has 8 heteroatoms. The Kier molecular flexibility index (Phi) is 5.01. The van der Waals surface area contributed by atoms with E-state index in [1.54, 1.807) is 0 Å². The SMILES string of the molecule is CC1=C(C(=O)O)C(c2cccc(Cl)c2Cl)C(C)(C(=O)O)C(CF)=N1. The number of aliphatic imine (C=N–C) groups is 1. The van der Waals surface area contributed by atoms with Crippen LogP contribution in [-0.2, 0) is 9.59 Å². The summed E-state index contributed by atoms with van der Waals surface area (Å²) in [7, 11) is 0. The number of aliphatic carboxylic acids is 2. The molecule has 0 saturated carbocycles. The number of halogens is 3. The van der Waals surface area contributed by atoms with Crippen molar-refractivity contribution in [2.24, 2.45) is 10.4 Å². The summed E-state index contributed by atoms with van der Waals surface area (Å²) in [4.78, 5) is 27.6. The maximum Gasteiger partial charge on any atom is 0.334 e. The van der Waals surface area contributed by atoms with E-state index in [-0.39, 0.29) is 32.6 Å². The molecule has 1 heterocycles. The van der Waals surface area contributed by atoms with Crippen LogP contribution in [0.25, 0.3) is 0 Å². The predicted octanol–water partition coefficient (Wildman–Crippen LogP) is 3.95. The number of carboxylic acid groups (broad SMARTS) is 2. The van der Waals surface area contributed by atoms with Crippen molar-refractivity contribution in [3.8, 4) is 0 Å². The van der Waals surface area contributed by atoms with E-state index >= 15 is 0 Å². The number of rotatable bonds is 4. The summed E-state index contributed by atoms with van der Waals surface area (Å²) in [5.74, 6) is -3.98. The first-order chi connectivity index (χ1) is 11.2. The molecule has 0 amide bonds. The van der Waals surface area contributed by atoms with Gasteiger partial charge >= 0.3 is 11.9 Å². The van der Waals surface area contributed by atoms with Gasteiger partial charge in [0, 0.05) is 11.6 Å². The first-order valence-corrected chi connectivity index (χ1v) is 7.67. The van der Waals surface area contributed by atoms with Crippen LogP contribution >= 0.6 is 23.2 Å². The molecule has 2 rings (SSSR count). The van der Waals surface area contributed by atoms with Crippen LogP contribution in [0.4, 0.5) is 4.39 Å². The highest BCUT2D eigenvalue weighted by Gasteiger charge is 2.53. The summed E-state index contributed by atoms with van der Waals surface area (Å²) < 4.78 is 13.5. The summed E-state index contributed by atoms with van der Waals surface area (Å²) in [5.41, 5.74) is -2.18. The zero-order valence-electron chi connectivity index (χ0n) is 12.8. The van der Waals surface area contributed by atoms with Crippen LogP contribution < -0.4 is 0 Å². The molecule has 1 aromatic carbocycles. The Morgan fingerprint density at radius 3 is 2.46 bits per heavy atom. The molecule has 2 unspecified atom stereocenters. The van der Waals surface area contributed by atoms with Crippen molar-refractivity contribution in [2.75, 3.05) is 6.67 Å². The summed E-state index contributed by atoms with van der Waals surface area (Å²) >= 11 is 12.2. The van der Waals surface area contributed by atoms with Crippen molar-refractivity contribution in [1.82, 2.24) is 0 Å². The Labute approximate surface area is 147 Å². The van der Waals surface area contributed by atoms with E-state index in [2.05, 4.69) is 4.99 Å². The molecule has 0 aliphatic carbocycles. The molecule has 1 aliphatic heterocycles. The number of allylic oxidation sites excluding steroid dienone is 1. The van der Waals surface area contributed by atoms with Gasteiger partial charge in [0.2, 0.25) is 0 Å². The number of nitrogens with zero attached hydrogens (tertiary/aromatic N) is 1. The molecular formula is C16H14Cl2FNO4. The van der Waals surface area contributed by atoms with E-state index in [1.165, 1.54) is 32.0 Å². The maximum absolute atomic E-state index is 13.5. The van der Waals surface area contributed by atoms with E-state index in [9.17, 15) is 24.2 Å². The number of hydrogen-bond donors (Lipinski definition) is 2. The third-order valence-corrected chi connectivity index (χ3v) is 5.09. The molecule has 0 spiro atoms. The van der Waals surface area contributed by atoms with Crippen LogP contribution in [0.2, 0.25) is 10.0 Å². The largest absolute Gasteiger partial charge is 0.481 e. The van der Waals surface area contributed by atoms with Crippen LogP contribution in [-0.4, -0.2) is 34.5 Å². The van der Waals surface area contributed by atoms with Gasteiger partial charge in [-0.1, -0.05) is 35.3 Å². The Hall–Kier alpha value is -1.92. The van der Waals surface area contributed by atoms with Gasteiger partial charge in [-0.05, 0) is 25.5 Å². The number of carboxylic acids is 2. The summed E-state index contributed by atoms with van der Waals surface area (Å²) in [6, 6.07) is 4.51. The fraction of sp³-hybridized carbons (Fsp3) is 0.312. The maximum atomic E-state index is 13.5. The van der Waals surface area contributed by atoms with Crippen LogP contribution in [0.1, 0.15) is 25.3 Å². The number of carbonyl (C=O) groups is 2. The zero-order chi connectivity index (χ0) is 18.2. The second-order valence-electron chi connectivity index (χ2n) is 5.58. The van der Waals surface area contributed by atoms with Gasteiger partial charge in [0.1, 0.15) is 12.1 Å². The fourth-order valence-corrected chi connectivity index (χ4v) is 3.36. The standard InChI is InChI=1S/C16H14Cl2FNO4/c1-7-11(14(21)22)12(8-4-3-5-9(17)13(8)18)16(2,15(23)24)10(6-19)20-7/h3-5,12H,6H2,1-2H3,(H,21,22)(H,23,24). The highest BCUT2D eigenvalue weighted by atomic mass is 35.5. The molecule has 128 valence electrons. The van der Waals surface area contributed by atoms with Crippen molar-refractivity contribution in [3.05, 3.63) is 45.1 Å². The summed E-state index contributed by atoms with van der Waals surface area (Å²) in [5, 5.41) is 19.5. The van der Waals surface area contributed by atoms with Crippen LogP contribution in [0, 0.1) is 5.41 Å². The van der Waals surface area contributed by atoms with Gasteiger partial charge < -0.3 is 10.2 Å². The van der Waals surface area contributed by atoms with Crippen molar-refractivity contribution < 1.29 is 24.2 Å². The lowest BCUT2D eigenvalue weighted by molar-refractivity contribution is -0.145. The Morgan fingerprint density at radius 2 is 1.96 bits per heavy atom. The van der Waals surface area contributed by atoms with Gasteiger partial charge in [0.25, 0.3) is 0 Å². The highest BCUT2D eigenvalue weighted by molar-refractivity contribution is 6.42. The van der Waals surface area contributed by atoms with Crippen LogP contribution in [0.3, 0.4) is 0 Å². The minimum atomic E-state index is -1.91. The minimum Gasteiger partial charge on any atom is -0.481 e. The lowest BCUT2D eigenvalue weighted by Gasteiger charge is -2.38. The predicted molar refractivity (Wildman–Crippen MR) is 88.7 cm³/mol. The van der Waals surface area contributed by atoms with E-state index in [1.807, 2.05) is 0 Å². The monoisotopic (exact) mass is 373 g/mol. The first-order valence-electron chi connectivity index (χ1n) is 6.91. The lowest BCUT2D eigenvalue weighted by Crippen LogP contribution is -2.47. The highest BCUT2D eigenvalue weighted by Crippen LogP contribution is 2.50. The smallest absolute Gasteiger partial charge is 0.334 e. The third kappa shape index (κ3) is 2.70. The number of benzene rings is 1. The average Bonchev–Trinajstić information content (AvgIpc) is 2.51. The fourth-order valence-electron chi connectivity index (χ4n) is 2.95. The Balaban J connectivity index is 2.89. The van der Waals surface area contributed by atoms with E-state index in [0.717, 1.165) is 0 Å². The van der Waals surface area contributed by atoms with Crippen molar-refractivity contribution in [1.29, 1.82) is 0 Å². The first kappa shape index (κ1) is 18.4. The quantitative estimate of drug-likeness (QED) is 0.836. The lowest BCUT2D eigenvalue weighted by atomic mass is 9.65. The van der Waals surface area contributed by atoms with Gasteiger partial charge in [-0.15, -0.1) is 0 Å². The molecule has 24 heavy (non-hydrogen) atoms. The second-order valence-corrected chi connectivity index (χ2v) is 6.37. The van der Waals surface area contributed by atoms with Gasteiger partial charge in [0.15, 0.2) is 0 Å². The Bertz CT molecular complexity index is 790. The van der Waals surface area contributed by atoms with E-state index in [4.69, 9.17) is 23.2 Å². The van der Waals surface area contributed by atoms with Gasteiger partial charge in [-0.25, -0.2) is 9.18 Å². The second kappa shape index (κ2) is 6.53. The van der Waals surface area contributed by atoms with Crippen LogP contribution in [0.5, 0.6) is 0 Å². The zero-order valence-corrected chi connectivity index (χ0v) is 14.3. The molecule has 5 nitrogen and oxygen atoms in total. The molecule has 0 aromatic heterocycles. The van der Waals surface area contributed by atoms with Crippen molar-refractivity contribution in [2.45, 2.75) is 19.8 Å². The van der Waals surface area contributed by atoms with E-state index in [0.29, 0.717) is 0 Å². The summed E-state index contributed by atoms with van der Waals surface area (Å²) in [6.07, 6.45) is 0. The molecule has 0 bridgehead atoms. The van der Waals surface area contributed by atoms with Gasteiger partial charge in [-0.3, -0.25) is 9.79 Å². The van der Waals surface area contributed by atoms with Crippen molar-refractivity contribution >= 4 is 40.9 Å². The number of hydrogen-bond acceptors (Lipinski definition) is 3. The molecule has 0 saturated heterocycles. The summed E-state index contributed by atoms with van der Waals surface area (Å²) in [6.45, 7) is 1.51. The molecule has 0 fully saturated rings. The third-order valence-electron chi connectivity index (χ3n) is 4.25. The van der Waals surface area contributed by atoms with Gasteiger partial charge in [-0.2, -0.15) is 0 Å². The molecular weight excluding hydrogens is 360 g/mol. The van der Waals surface area contributed by atoms with Crippen molar-refractivity contribution in [3.63, 3.8) is 0 Å². The Morgan fingerprint density at radius 1 is 1.33 bits per heavy atom. The molecule has 2 atom stereocenters.